The predicted molar refractivity (Wildman–Crippen MR) is 51.6 cm³/mol. The number of aryl methyl sites for hydroxylation is 1. The van der Waals surface area contributed by atoms with Gasteiger partial charge in [-0.25, -0.2) is 4.98 Å². The molecule has 2 heterocycles. The smallest absolute Gasteiger partial charge is 0.160 e. The molecule has 13 heavy (non-hydrogen) atoms. The van der Waals surface area contributed by atoms with Crippen molar-refractivity contribution in [1.29, 1.82) is 0 Å². The van der Waals surface area contributed by atoms with E-state index in [0.717, 1.165) is 4.57 Å². The van der Waals surface area contributed by atoms with E-state index >= 15 is 0 Å². The number of hydrogen-bond acceptors (Lipinski definition) is 3. The van der Waals surface area contributed by atoms with Gasteiger partial charge in [-0.05, 0) is 34.9 Å². The summed E-state index contributed by atoms with van der Waals surface area (Å²) in [5.41, 5.74) is -0.136. The molecule has 2 rings (SSSR count). The quantitative estimate of drug-likeness (QED) is 0.767. The molecule has 0 saturated heterocycles. The molecule has 0 radical (unpaired) electrons. The Kier molecular flexibility index (Phi) is 1.08. The second-order valence-electron chi connectivity index (χ2n) is 2.23. The fourth-order valence-corrected chi connectivity index (χ4v) is 1.05. The monoisotopic (exact) mass is 243 g/mol. The van der Waals surface area contributed by atoms with E-state index in [2.05, 4.69) is 31.1 Å². The minimum Gasteiger partial charge on any atom is -0.288 e. The number of rotatable bonds is 1. The molecule has 0 saturated carbocycles. The second-order valence-corrected chi connectivity index (χ2v) is 2.98. The molecule has 0 unspecified atom stereocenters. The molecule has 0 amide bonds. The Labute approximate surface area is 90.8 Å². The number of hydrogen-bond donors (Lipinski definition) is 0. The maximum absolute atomic E-state index is 7.68. The first-order valence-corrected chi connectivity index (χ1v) is 4.16. The molecule has 2 aromatic heterocycles. The van der Waals surface area contributed by atoms with Crippen LogP contribution in [0.4, 0.5) is 0 Å². The van der Waals surface area contributed by atoms with Crippen LogP contribution in [0.15, 0.2) is 29.2 Å². The number of nitrogens with zero attached hydrogens (tertiary/aromatic N) is 4. The van der Waals surface area contributed by atoms with Crippen LogP contribution in [-0.2, 0) is 0 Å². The van der Waals surface area contributed by atoms with Gasteiger partial charge in [0.25, 0.3) is 0 Å². The predicted octanol–water partition coefficient (Wildman–Crippen LogP) is 1.73. The summed E-state index contributed by atoms with van der Waals surface area (Å²) in [4.78, 5) is 3.74. The molecule has 0 aliphatic rings. The van der Waals surface area contributed by atoms with Crippen LogP contribution in [0.5, 0.6) is 0 Å². The molecular weight excluding hydrogens is 232 g/mol. The lowest BCUT2D eigenvalue weighted by Crippen LogP contribution is -1.96. The highest BCUT2D eigenvalue weighted by Gasteiger charge is 1.99. The average Bonchev–Trinajstić information content (AvgIpc) is 2.52. The van der Waals surface area contributed by atoms with Gasteiger partial charge in [-0.15, -0.1) is 5.10 Å². The van der Waals surface area contributed by atoms with Crippen molar-refractivity contribution < 1.29 is 6.85 Å². The standard InChI is InChI=1S/C8H7BrN4/c1-6-2-3-8(12-11-6)13-4-7(9)10-5-13/h2-5H,1H3/i1D3,4D,5D. The van der Waals surface area contributed by atoms with E-state index < -0.39 is 6.85 Å². The van der Waals surface area contributed by atoms with Crippen LogP contribution in [0.1, 0.15) is 12.5 Å². The summed E-state index contributed by atoms with van der Waals surface area (Å²) < 4.78 is 38.1. The Hall–Kier alpha value is -1.23. The number of halogens is 1. The first-order chi connectivity index (χ1) is 8.30. The molecule has 0 bridgehead atoms. The molecule has 66 valence electrons. The topological polar surface area (TPSA) is 43.6 Å². The fraction of sp³-hybridized carbons (Fsp3) is 0.125. The molecule has 0 aromatic carbocycles. The third-order valence-corrected chi connectivity index (χ3v) is 1.69. The Morgan fingerprint density at radius 3 is 3.00 bits per heavy atom. The summed E-state index contributed by atoms with van der Waals surface area (Å²) in [6.45, 7) is -2.32. The van der Waals surface area contributed by atoms with E-state index in [1.807, 2.05) is 0 Å². The minimum absolute atomic E-state index is 0.0454. The highest BCUT2D eigenvalue weighted by Crippen LogP contribution is 2.09. The van der Waals surface area contributed by atoms with Crippen LogP contribution in [0, 0.1) is 6.85 Å². The van der Waals surface area contributed by atoms with Gasteiger partial charge in [-0.3, -0.25) is 4.57 Å². The molecule has 0 fully saturated rings. The van der Waals surface area contributed by atoms with Crippen molar-refractivity contribution in [2.24, 2.45) is 0 Å². The van der Waals surface area contributed by atoms with E-state index in [0.29, 0.717) is 0 Å². The Morgan fingerprint density at radius 2 is 2.46 bits per heavy atom. The van der Waals surface area contributed by atoms with Gasteiger partial charge in [0.05, 0.1) is 7.06 Å². The van der Waals surface area contributed by atoms with Crippen molar-refractivity contribution in [1.82, 2.24) is 19.7 Å². The van der Waals surface area contributed by atoms with Gasteiger partial charge in [0.2, 0.25) is 0 Å². The number of imidazole rings is 1. The third-order valence-electron chi connectivity index (χ3n) is 1.33. The van der Waals surface area contributed by atoms with Gasteiger partial charge in [-0.2, -0.15) is 5.10 Å². The van der Waals surface area contributed by atoms with E-state index in [1.165, 1.54) is 12.1 Å². The van der Waals surface area contributed by atoms with Crippen LogP contribution >= 0.6 is 15.9 Å². The minimum atomic E-state index is -2.32. The summed E-state index contributed by atoms with van der Waals surface area (Å²) in [7, 11) is 0. The molecule has 5 heteroatoms. The highest BCUT2D eigenvalue weighted by molar-refractivity contribution is 9.10. The molecule has 0 aliphatic heterocycles. The van der Waals surface area contributed by atoms with Crippen molar-refractivity contribution in [3.05, 3.63) is 34.9 Å². The maximum atomic E-state index is 7.68. The van der Waals surface area contributed by atoms with Gasteiger partial charge >= 0.3 is 0 Å². The molecule has 0 atom stereocenters. The molecule has 0 spiro atoms. The van der Waals surface area contributed by atoms with Crippen molar-refractivity contribution in [2.75, 3.05) is 0 Å². The summed E-state index contributed by atoms with van der Waals surface area (Å²) in [6, 6.07) is 2.68. The summed E-state index contributed by atoms with van der Waals surface area (Å²) >= 11 is 3.03. The first-order valence-electron chi connectivity index (χ1n) is 5.86. The Balaban J connectivity index is 2.47. The van der Waals surface area contributed by atoms with Gasteiger partial charge in [-0.1, -0.05) is 0 Å². The lowest BCUT2D eigenvalue weighted by atomic mass is 10.4. The molecule has 0 N–H and O–H groups in total. The van der Waals surface area contributed by atoms with Crippen LogP contribution in [0.25, 0.3) is 5.82 Å². The zero-order valence-electron chi connectivity index (χ0n) is 11.3. The van der Waals surface area contributed by atoms with Crippen molar-refractivity contribution in [2.45, 2.75) is 6.85 Å². The fourth-order valence-electron chi connectivity index (χ4n) is 0.789. The van der Waals surface area contributed by atoms with E-state index in [-0.39, 0.29) is 28.6 Å². The molecule has 2 aromatic rings. The zero-order valence-corrected chi connectivity index (χ0v) is 7.91. The van der Waals surface area contributed by atoms with E-state index in [9.17, 15) is 0 Å². The Morgan fingerprint density at radius 1 is 1.54 bits per heavy atom. The van der Waals surface area contributed by atoms with Crippen molar-refractivity contribution in [3.8, 4) is 5.82 Å². The molecule has 4 nitrogen and oxygen atoms in total. The van der Waals surface area contributed by atoms with E-state index in [4.69, 9.17) is 6.85 Å². The summed E-state index contributed by atoms with van der Waals surface area (Å²) in [5, 5.41) is 7.28. The van der Waals surface area contributed by atoms with E-state index in [1.54, 1.807) is 0 Å². The lowest BCUT2D eigenvalue weighted by molar-refractivity contribution is 0.891. The van der Waals surface area contributed by atoms with Crippen molar-refractivity contribution >= 4 is 15.9 Å². The third kappa shape index (κ3) is 1.75. The van der Waals surface area contributed by atoms with Gasteiger partial charge in [0.1, 0.15) is 12.3 Å². The highest BCUT2D eigenvalue weighted by atomic mass is 79.9. The van der Waals surface area contributed by atoms with Crippen LogP contribution in [0.2, 0.25) is 0 Å². The number of aromatic nitrogens is 4. The average molecular weight is 244 g/mol. The molecule has 0 aliphatic carbocycles. The van der Waals surface area contributed by atoms with Crippen molar-refractivity contribution in [3.63, 3.8) is 0 Å². The lowest BCUT2D eigenvalue weighted by Gasteiger charge is -1.98. The van der Waals surface area contributed by atoms with Crippen LogP contribution in [-0.4, -0.2) is 19.7 Å². The molecular formula is C8H7BrN4. The van der Waals surface area contributed by atoms with Crippen LogP contribution in [0.3, 0.4) is 0 Å². The van der Waals surface area contributed by atoms with Crippen LogP contribution < -0.4 is 0 Å². The Bertz CT molecular complexity index is 576. The normalized spacial score (nSPS) is 16.8. The van der Waals surface area contributed by atoms with Gasteiger partial charge in [0, 0.05) is 10.3 Å². The SMILES string of the molecule is [2H]c1nc(Br)c([2H])n1-c1ccc(C([2H])([2H])[2H])nn1. The maximum Gasteiger partial charge on any atom is 0.160 e. The summed E-state index contributed by atoms with van der Waals surface area (Å²) in [6.07, 6.45) is -0.223. The summed E-state index contributed by atoms with van der Waals surface area (Å²) in [5.74, 6) is 0.177. The zero-order chi connectivity index (χ0) is 13.5. The van der Waals surface area contributed by atoms with Gasteiger partial charge < -0.3 is 0 Å². The van der Waals surface area contributed by atoms with Gasteiger partial charge in [0.15, 0.2) is 5.82 Å². The second kappa shape index (κ2) is 3.26. The largest absolute Gasteiger partial charge is 0.288 e. The first kappa shape index (κ1) is 4.32.